The predicted molar refractivity (Wildman–Crippen MR) is 71.2 cm³/mol. The van der Waals surface area contributed by atoms with Crippen LogP contribution in [-0.2, 0) is 9.59 Å². The van der Waals surface area contributed by atoms with Crippen molar-refractivity contribution < 1.29 is 19.5 Å². The van der Waals surface area contributed by atoms with Crippen molar-refractivity contribution in [2.45, 2.75) is 31.7 Å². The summed E-state index contributed by atoms with van der Waals surface area (Å²) >= 11 is 0. The molecule has 2 heterocycles. The molecule has 2 rings (SSSR count). The number of piperidine rings is 1. The number of carbonyl (C=O) groups is 3. The molecule has 1 N–H and O–H groups in total. The second-order valence-corrected chi connectivity index (χ2v) is 5.71. The number of hydrogen-bond donors (Lipinski definition) is 1. The number of nitrogens with zero attached hydrogens (tertiary/aromatic N) is 3. The molecule has 0 aromatic heterocycles. The van der Waals surface area contributed by atoms with Gasteiger partial charge in [0, 0.05) is 26.7 Å². The summed E-state index contributed by atoms with van der Waals surface area (Å²) in [6.45, 7) is 3.11. The molecule has 0 aromatic rings. The van der Waals surface area contributed by atoms with Gasteiger partial charge in [-0.25, -0.2) is 9.59 Å². The number of carbonyl (C=O) groups excluding carboxylic acids is 2. The second-order valence-electron chi connectivity index (χ2n) is 5.71. The van der Waals surface area contributed by atoms with Crippen molar-refractivity contribution in [2.75, 3.05) is 33.2 Å². The van der Waals surface area contributed by atoms with Crippen molar-refractivity contribution in [2.24, 2.45) is 0 Å². The van der Waals surface area contributed by atoms with Crippen LogP contribution in [0.4, 0.5) is 4.79 Å². The number of carboxylic acids is 1. The Kier molecular flexibility index (Phi) is 3.87. The summed E-state index contributed by atoms with van der Waals surface area (Å²) in [5.41, 5.74) is -1.15. The highest BCUT2D eigenvalue weighted by Gasteiger charge is 2.44. The number of amides is 3. The summed E-state index contributed by atoms with van der Waals surface area (Å²) in [7, 11) is 1.69. The van der Waals surface area contributed by atoms with Gasteiger partial charge in [-0.3, -0.25) is 4.79 Å². The zero-order valence-corrected chi connectivity index (χ0v) is 12.0. The summed E-state index contributed by atoms with van der Waals surface area (Å²) in [6, 6.07) is -0.174. The standard InChI is InChI=1S/C13H21N3O4/c1-13(11(18)19)5-3-4-6-16(13)10(17)9-15-8-7-14(2)12(15)20/h3-9H2,1-2H3,(H,18,19). The van der Waals surface area contributed by atoms with Crippen molar-refractivity contribution >= 4 is 17.9 Å². The molecule has 0 bridgehead atoms. The summed E-state index contributed by atoms with van der Waals surface area (Å²) in [5.74, 6) is -1.26. The smallest absolute Gasteiger partial charge is 0.329 e. The van der Waals surface area contributed by atoms with Gasteiger partial charge in [0.25, 0.3) is 0 Å². The van der Waals surface area contributed by atoms with Crippen molar-refractivity contribution in [3.63, 3.8) is 0 Å². The molecule has 112 valence electrons. The van der Waals surface area contributed by atoms with Crippen LogP contribution in [0.15, 0.2) is 0 Å². The molecule has 2 aliphatic heterocycles. The van der Waals surface area contributed by atoms with Gasteiger partial charge < -0.3 is 19.8 Å². The van der Waals surface area contributed by atoms with Gasteiger partial charge in [0.05, 0.1) is 0 Å². The van der Waals surface area contributed by atoms with Crippen LogP contribution in [0.2, 0.25) is 0 Å². The van der Waals surface area contributed by atoms with E-state index in [1.807, 2.05) is 0 Å². The summed E-state index contributed by atoms with van der Waals surface area (Å²) in [4.78, 5) is 40.1. The molecule has 7 heteroatoms. The normalized spacial score (nSPS) is 27.1. The van der Waals surface area contributed by atoms with Gasteiger partial charge in [-0.1, -0.05) is 0 Å². The molecule has 3 amide bonds. The van der Waals surface area contributed by atoms with E-state index in [9.17, 15) is 19.5 Å². The van der Waals surface area contributed by atoms with Gasteiger partial charge in [-0.2, -0.15) is 0 Å². The number of aliphatic carboxylic acids is 1. The molecule has 2 saturated heterocycles. The maximum absolute atomic E-state index is 12.4. The second kappa shape index (κ2) is 5.30. The molecule has 2 aliphatic rings. The Labute approximate surface area is 118 Å². The third-order valence-corrected chi connectivity index (χ3v) is 4.28. The monoisotopic (exact) mass is 283 g/mol. The van der Waals surface area contributed by atoms with Crippen LogP contribution in [0.25, 0.3) is 0 Å². The van der Waals surface area contributed by atoms with Gasteiger partial charge in [0.15, 0.2) is 0 Å². The van der Waals surface area contributed by atoms with Crippen LogP contribution in [0, 0.1) is 0 Å². The van der Waals surface area contributed by atoms with Crippen LogP contribution in [0.3, 0.4) is 0 Å². The zero-order chi connectivity index (χ0) is 14.9. The maximum Gasteiger partial charge on any atom is 0.329 e. The quantitative estimate of drug-likeness (QED) is 0.803. The first-order valence-corrected chi connectivity index (χ1v) is 6.90. The average molecular weight is 283 g/mol. The van der Waals surface area contributed by atoms with Gasteiger partial charge in [0.1, 0.15) is 12.1 Å². The van der Waals surface area contributed by atoms with E-state index in [1.165, 1.54) is 9.80 Å². The molecular weight excluding hydrogens is 262 g/mol. The lowest BCUT2D eigenvalue weighted by molar-refractivity contribution is -0.161. The Balaban J connectivity index is 2.07. The molecule has 2 fully saturated rings. The first kappa shape index (κ1) is 14.6. The lowest BCUT2D eigenvalue weighted by Gasteiger charge is -2.42. The van der Waals surface area contributed by atoms with E-state index < -0.39 is 11.5 Å². The highest BCUT2D eigenvalue weighted by Crippen LogP contribution is 2.28. The fraction of sp³-hybridized carbons (Fsp3) is 0.769. The minimum atomic E-state index is -1.15. The number of hydrogen-bond acceptors (Lipinski definition) is 3. The molecule has 0 aliphatic carbocycles. The fourth-order valence-corrected chi connectivity index (χ4v) is 2.84. The van der Waals surface area contributed by atoms with Gasteiger partial charge in [-0.05, 0) is 26.2 Å². The van der Waals surface area contributed by atoms with Gasteiger partial charge in [-0.15, -0.1) is 0 Å². The third kappa shape index (κ3) is 2.44. The summed E-state index contributed by atoms with van der Waals surface area (Å²) in [6.07, 6.45) is 2.07. The minimum absolute atomic E-state index is 0.0357. The molecule has 0 radical (unpaired) electrons. The third-order valence-electron chi connectivity index (χ3n) is 4.28. The average Bonchev–Trinajstić information content (AvgIpc) is 2.71. The van der Waals surface area contributed by atoms with E-state index in [0.29, 0.717) is 26.1 Å². The molecule has 0 saturated carbocycles. The number of carboxylic acid groups (broad SMARTS) is 1. The van der Waals surface area contributed by atoms with Crippen LogP contribution in [-0.4, -0.2) is 76.5 Å². The van der Waals surface area contributed by atoms with Gasteiger partial charge >= 0.3 is 12.0 Å². The first-order chi connectivity index (χ1) is 9.36. The molecule has 1 unspecified atom stereocenters. The Morgan fingerprint density at radius 2 is 1.95 bits per heavy atom. The Bertz CT molecular complexity index is 439. The Hall–Kier alpha value is -1.79. The first-order valence-electron chi connectivity index (χ1n) is 6.90. The lowest BCUT2D eigenvalue weighted by atomic mass is 9.88. The van der Waals surface area contributed by atoms with E-state index in [2.05, 4.69) is 0 Å². The molecule has 0 spiro atoms. The van der Waals surface area contributed by atoms with Crippen LogP contribution < -0.4 is 0 Å². The van der Waals surface area contributed by atoms with E-state index in [-0.39, 0.29) is 18.5 Å². The molecule has 20 heavy (non-hydrogen) atoms. The van der Waals surface area contributed by atoms with Crippen LogP contribution >= 0.6 is 0 Å². The number of likely N-dealkylation sites (N-methyl/N-ethyl adjacent to an activating group) is 1. The Morgan fingerprint density at radius 3 is 2.50 bits per heavy atom. The van der Waals surface area contributed by atoms with Crippen LogP contribution in [0.5, 0.6) is 0 Å². The number of rotatable bonds is 3. The van der Waals surface area contributed by atoms with E-state index in [1.54, 1.807) is 18.9 Å². The predicted octanol–water partition coefficient (Wildman–Crippen LogP) is 0.210. The van der Waals surface area contributed by atoms with E-state index in [4.69, 9.17) is 0 Å². The summed E-state index contributed by atoms with van der Waals surface area (Å²) < 4.78 is 0. The van der Waals surface area contributed by atoms with Crippen molar-refractivity contribution in [1.82, 2.24) is 14.7 Å². The van der Waals surface area contributed by atoms with Crippen LogP contribution in [0.1, 0.15) is 26.2 Å². The SMILES string of the molecule is CN1CCN(CC(=O)N2CCCCC2(C)C(=O)O)C1=O. The highest BCUT2D eigenvalue weighted by molar-refractivity contribution is 5.90. The maximum atomic E-state index is 12.4. The molecule has 0 aromatic carbocycles. The van der Waals surface area contributed by atoms with Crippen molar-refractivity contribution in [1.29, 1.82) is 0 Å². The molecular formula is C13H21N3O4. The Morgan fingerprint density at radius 1 is 1.25 bits per heavy atom. The largest absolute Gasteiger partial charge is 0.480 e. The van der Waals surface area contributed by atoms with Crippen molar-refractivity contribution in [3.05, 3.63) is 0 Å². The van der Waals surface area contributed by atoms with Gasteiger partial charge in [0.2, 0.25) is 5.91 Å². The highest BCUT2D eigenvalue weighted by atomic mass is 16.4. The molecule has 7 nitrogen and oxygen atoms in total. The fourth-order valence-electron chi connectivity index (χ4n) is 2.84. The zero-order valence-electron chi connectivity index (χ0n) is 12.0. The van der Waals surface area contributed by atoms with Crippen molar-refractivity contribution in [3.8, 4) is 0 Å². The van der Waals surface area contributed by atoms with E-state index in [0.717, 1.165) is 12.8 Å². The van der Waals surface area contributed by atoms with E-state index >= 15 is 0 Å². The number of likely N-dealkylation sites (tertiary alicyclic amines) is 1. The molecule has 1 atom stereocenters. The number of urea groups is 1. The minimum Gasteiger partial charge on any atom is -0.480 e. The lowest BCUT2D eigenvalue weighted by Crippen LogP contribution is -2.59. The summed E-state index contributed by atoms with van der Waals surface area (Å²) in [5, 5.41) is 9.39. The topological polar surface area (TPSA) is 81.2 Å².